The molecule has 0 aromatic heterocycles. The van der Waals surface area contributed by atoms with Crippen LogP contribution >= 0.6 is 0 Å². The van der Waals surface area contributed by atoms with Gasteiger partial charge in [-0.2, -0.15) is 5.26 Å². The van der Waals surface area contributed by atoms with E-state index < -0.39 is 0 Å². The predicted octanol–water partition coefficient (Wildman–Crippen LogP) is 4.13. The number of anilines is 1. The van der Waals surface area contributed by atoms with Gasteiger partial charge in [0.15, 0.2) is 0 Å². The van der Waals surface area contributed by atoms with E-state index in [2.05, 4.69) is 42.6 Å². The number of nitrogens with one attached hydrogen (secondary N) is 1. The Morgan fingerprint density at radius 1 is 1.22 bits per heavy atom. The maximum Gasteiger partial charge on any atom is 0.0677 e. The Kier molecular flexibility index (Phi) is 4.64. The van der Waals surface area contributed by atoms with E-state index in [1.807, 2.05) is 0 Å². The van der Waals surface area contributed by atoms with Crippen LogP contribution in [0.3, 0.4) is 0 Å². The van der Waals surface area contributed by atoms with Crippen molar-refractivity contribution in [2.45, 2.75) is 51.5 Å². The summed E-state index contributed by atoms with van der Waals surface area (Å²) in [6.07, 6.45) is 6.91. The lowest BCUT2D eigenvalue weighted by atomic mass is 9.95. The van der Waals surface area contributed by atoms with Crippen molar-refractivity contribution >= 4 is 5.69 Å². The third-order valence-electron chi connectivity index (χ3n) is 3.92. The van der Waals surface area contributed by atoms with E-state index in [4.69, 9.17) is 0 Å². The predicted molar refractivity (Wildman–Crippen MR) is 75.4 cm³/mol. The number of hydrogen-bond donors (Lipinski definition) is 1. The molecule has 1 aromatic rings. The quantitative estimate of drug-likeness (QED) is 0.809. The molecule has 2 rings (SSSR count). The molecular weight excluding hydrogens is 220 g/mol. The molecule has 96 valence electrons. The third-order valence-corrected chi connectivity index (χ3v) is 3.92. The fourth-order valence-corrected chi connectivity index (χ4v) is 2.80. The smallest absolute Gasteiger partial charge is 0.0677 e. The molecule has 1 saturated carbocycles. The Bertz CT molecular complexity index is 419. The summed E-state index contributed by atoms with van der Waals surface area (Å²) in [6.45, 7) is 2.18. The van der Waals surface area contributed by atoms with E-state index in [0.29, 0.717) is 6.04 Å². The van der Waals surface area contributed by atoms with Crippen LogP contribution in [-0.4, -0.2) is 6.04 Å². The summed E-state index contributed by atoms with van der Waals surface area (Å²) >= 11 is 0. The molecule has 1 fully saturated rings. The van der Waals surface area contributed by atoms with Crippen LogP contribution in [0.5, 0.6) is 0 Å². The Morgan fingerprint density at radius 2 is 2.00 bits per heavy atom. The minimum Gasteiger partial charge on any atom is -0.381 e. The van der Waals surface area contributed by atoms with Gasteiger partial charge in [-0.05, 0) is 30.9 Å². The van der Waals surface area contributed by atoms with Gasteiger partial charge in [0.2, 0.25) is 0 Å². The summed E-state index contributed by atoms with van der Waals surface area (Å²) in [5, 5.41) is 12.9. The summed E-state index contributed by atoms with van der Waals surface area (Å²) in [4.78, 5) is 0. The molecule has 0 saturated heterocycles. The second-order valence-electron chi connectivity index (χ2n) is 5.14. The lowest BCUT2D eigenvalue weighted by Gasteiger charge is -2.23. The van der Waals surface area contributed by atoms with Crippen LogP contribution in [0.25, 0.3) is 0 Å². The van der Waals surface area contributed by atoms with Gasteiger partial charge in [-0.25, -0.2) is 0 Å². The van der Waals surface area contributed by atoms with Crippen LogP contribution in [0.2, 0.25) is 0 Å². The average Bonchev–Trinajstić information content (AvgIpc) is 2.64. The molecule has 2 atom stereocenters. The zero-order valence-electron chi connectivity index (χ0n) is 11.2. The summed E-state index contributed by atoms with van der Waals surface area (Å²) in [6, 6.07) is 11.3. The minimum atomic E-state index is 0.164. The Hall–Kier alpha value is -1.49. The molecule has 1 N–H and O–H groups in total. The number of rotatable bonds is 3. The highest BCUT2D eigenvalue weighted by Gasteiger charge is 2.23. The second kappa shape index (κ2) is 6.44. The van der Waals surface area contributed by atoms with Gasteiger partial charge in [0, 0.05) is 11.7 Å². The van der Waals surface area contributed by atoms with E-state index in [-0.39, 0.29) is 5.92 Å². The number of benzene rings is 1. The van der Waals surface area contributed by atoms with E-state index in [9.17, 15) is 5.26 Å². The van der Waals surface area contributed by atoms with Crippen molar-refractivity contribution in [3.8, 4) is 6.07 Å². The number of hydrogen-bond acceptors (Lipinski definition) is 2. The molecule has 0 bridgehead atoms. The first-order valence-electron chi connectivity index (χ1n) is 7.09. The van der Waals surface area contributed by atoms with Crippen LogP contribution in [0.1, 0.15) is 44.6 Å². The van der Waals surface area contributed by atoms with E-state index in [1.54, 1.807) is 0 Å². The number of para-hydroxylation sites is 1. The molecule has 0 spiro atoms. The number of nitriles is 1. The van der Waals surface area contributed by atoms with Gasteiger partial charge in [-0.3, -0.25) is 0 Å². The van der Waals surface area contributed by atoms with Gasteiger partial charge in [0.1, 0.15) is 0 Å². The molecule has 0 amide bonds. The van der Waals surface area contributed by atoms with Crippen molar-refractivity contribution in [3.05, 3.63) is 29.8 Å². The first-order valence-corrected chi connectivity index (χ1v) is 7.09. The molecule has 2 heteroatoms. The van der Waals surface area contributed by atoms with Crippen LogP contribution in [-0.2, 0) is 6.42 Å². The Balaban J connectivity index is 2.13. The fourth-order valence-electron chi connectivity index (χ4n) is 2.80. The van der Waals surface area contributed by atoms with E-state index >= 15 is 0 Å². The molecule has 0 aliphatic heterocycles. The van der Waals surface area contributed by atoms with Gasteiger partial charge in [0.25, 0.3) is 0 Å². The zero-order valence-corrected chi connectivity index (χ0v) is 11.2. The third kappa shape index (κ3) is 3.04. The van der Waals surface area contributed by atoms with Crippen LogP contribution in [0.4, 0.5) is 5.69 Å². The van der Waals surface area contributed by atoms with Crippen LogP contribution < -0.4 is 5.32 Å². The molecule has 18 heavy (non-hydrogen) atoms. The standard InChI is InChI=1S/C16H22N2/c1-2-13-8-6-7-11-15(13)18-16-10-5-3-4-9-14(16)12-17/h6-8,11,14,16,18H,2-5,9-10H2,1H3. The highest BCUT2D eigenvalue weighted by Crippen LogP contribution is 2.27. The first kappa shape index (κ1) is 13.0. The van der Waals surface area contributed by atoms with Crippen molar-refractivity contribution in [2.24, 2.45) is 5.92 Å². The lowest BCUT2D eigenvalue weighted by Crippen LogP contribution is -2.27. The van der Waals surface area contributed by atoms with E-state index in [1.165, 1.54) is 30.5 Å². The SMILES string of the molecule is CCc1ccccc1NC1CCCCCC1C#N. The average molecular weight is 242 g/mol. The van der Waals surface area contributed by atoms with Gasteiger partial charge in [0.05, 0.1) is 12.0 Å². The minimum absolute atomic E-state index is 0.164. The molecule has 0 heterocycles. The Labute approximate surface area is 110 Å². The summed E-state index contributed by atoms with van der Waals surface area (Å²) in [5.41, 5.74) is 2.56. The second-order valence-corrected chi connectivity index (χ2v) is 5.14. The molecular formula is C16H22N2. The zero-order chi connectivity index (χ0) is 12.8. The highest BCUT2D eigenvalue weighted by molar-refractivity contribution is 5.52. The molecule has 1 aliphatic rings. The fraction of sp³-hybridized carbons (Fsp3) is 0.562. The normalized spacial score (nSPS) is 24.0. The first-order chi connectivity index (χ1) is 8.85. The van der Waals surface area contributed by atoms with Gasteiger partial charge in [-0.15, -0.1) is 0 Å². The monoisotopic (exact) mass is 242 g/mol. The number of aryl methyl sites for hydroxylation is 1. The van der Waals surface area contributed by atoms with Gasteiger partial charge >= 0.3 is 0 Å². The van der Waals surface area contributed by atoms with Crippen molar-refractivity contribution in [1.29, 1.82) is 5.26 Å². The number of nitrogens with zero attached hydrogens (tertiary/aromatic N) is 1. The van der Waals surface area contributed by atoms with E-state index in [0.717, 1.165) is 19.3 Å². The largest absolute Gasteiger partial charge is 0.381 e. The summed E-state index contributed by atoms with van der Waals surface area (Å²) in [5.74, 6) is 0.164. The molecule has 2 nitrogen and oxygen atoms in total. The van der Waals surface area contributed by atoms with Crippen LogP contribution in [0.15, 0.2) is 24.3 Å². The van der Waals surface area contributed by atoms with Crippen molar-refractivity contribution in [1.82, 2.24) is 0 Å². The van der Waals surface area contributed by atoms with Crippen molar-refractivity contribution in [3.63, 3.8) is 0 Å². The van der Waals surface area contributed by atoms with Crippen molar-refractivity contribution in [2.75, 3.05) is 5.32 Å². The molecule has 1 aromatic carbocycles. The van der Waals surface area contributed by atoms with Gasteiger partial charge < -0.3 is 5.32 Å². The summed E-state index contributed by atoms with van der Waals surface area (Å²) < 4.78 is 0. The molecule has 0 radical (unpaired) electrons. The Morgan fingerprint density at radius 3 is 2.78 bits per heavy atom. The van der Waals surface area contributed by atoms with Gasteiger partial charge in [-0.1, -0.05) is 44.4 Å². The lowest BCUT2D eigenvalue weighted by molar-refractivity contribution is 0.514. The molecule has 2 unspecified atom stereocenters. The maximum absolute atomic E-state index is 9.30. The summed E-state index contributed by atoms with van der Waals surface area (Å²) in [7, 11) is 0. The topological polar surface area (TPSA) is 35.8 Å². The van der Waals surface area contributed by atoms with Crippen LogP contribution in [0, 0.1) is 17.2 Å². The molecule has 1 aliphatic carbocycles. The maximum atomic E-state index is 9.30. The highest BCUT2D eigenvalue weighted by atomic mass is 14.9. The van der Waals surface area contributed by atoms with Crippen molar-refractivity contribution < 1.29 is 0 Å².